The van der Waals surface area contributed by atoms with Crippen LogP contribution in [0.15, 0.2) is 53.7 Å². The van der Waals surface area contributed by atoms with Gasteiger partial charge in [-0.25, -0.2) is 0 Å². The lowest BCUT2D eigenvalue weighted by Gasteiger charge is -2.10. The van der Waals surface area contributed by atoms with Crippen LogP contribution in [0.4, 0.5) is 0 Å². The lowest BCUT2D eigenvalue weighted by atomic mass is 10.1. The van der Waals surface area contributed by atoms with E-state index in [9.17, 15) is 9.59 Å². The summed E-state index contributed by atoms with van der Waals surface area (Å²) in [6.45, 7) is 3.96. The summed E-state index contributed by atoms with van der Waals surface area (Å²) in [5, 5.41) is 12.0. The predicted molar refractivity (Wildman–Crippen MR) is 123 cm³/mol. The van der Waals surface area contributed by atoms with Gasteiger partial charge in [-0.05, 0) is 53.8 Å². The average Bonchev–Trinajstić information content (AvgIpc) is 3.10. The Hall–Kier alpha value is -2.20. The number of benzene rings is 2. The molecule has 8 heteroatoms. The molecule has 6 nitrogen and oxygen atoms in total. The largest absolute Gasteiger partial charge is 0.356 e. The summed E-state index contributed by atoms with van der Waals surface area (Å²) in [5.74, 6) is 0.984. The lowest BCUT2D eigenvalue weighted by Crippen LogP contribution is -2.23. The monoisotopic (exact) mass is 520 g/mol. The normalized spacial score (nSPS) is 10.7. The van der Waals surface area contributed by atoms with Crippen molar-refractivity contribution in [3.63, 3.8) is 0 Å². The SMILES string of the molecule is CC(=O)NCCc1nnc(SCC(=O)c2ccc(C)cc2)n1-c1ccc(I)cc1. The quantitative estimate of drug-likeness (QED) is 0.278. The molecule has 0 aliphatic heterocycles. The average molecular weight is 520 g/mol. The van der Waals surface area contributed by atoms with Crippen LogP contribution in [-0.2, 0) is 11.2 Å². The zero-order valence-corrected chi connectivity index (χ0v) is 19.2. The molecule has 1 amide bonds. The second kappa shape index (κ2) is 10.0. The first kappa shape index (κ1) is 21.5. The molecule has 0 unspecified atom stereocenters. The molecule has 0 aliphatic carbocycles. The van der Waals surface area contributed by atoms with Gasteiger partial charge in [0.25, 0.3) is 0 Å². The van der Waals surface area contributed by atoms with Crippen molar-refractivity contribution in [2.24, 2.45) is 0 Å². The summed E-state index contributed by atoms with van der Waals surface area (Å²) in [7, 11) is 0. The molecule has 1 N–H and O–H groups in total. The molecular formula is C21H21IN4O2S. The van der Waals surface area contributed by atoms with Gasteiger partial charge in [0.2, 0.25) is 5.91 Å². The molecule has 1 aromatic heterocycles. The van der Waals surface area contributed by atoms with E-state index in [1.54, 1.807) is 0 Å². The maximum atomic E-state index is 12.5. The number of Topliss-reactive ketones (excluding diaryl/α,β-unsaturated/α-hetero) is 1. The Bertz CT molecular complexity index is 1000. The number of nitrogens with one attached hydrogen (secondary N) is 1. The lowest BCUT2D eigenvalue weighted by molar-refractivity contribution is -0.118. The molecule has 0 aliphatic rings. The number of thioether (sulfide) groups is 1. The van der Waals surface area contributed by atoms with Crippen LogP contribution < -0.4 is 5.32 Å². The Morgan fingerprint density at radius 2 is 1.76 bits per heavy atom. The molecule has 0 atom stereocenters. The topological polar surface area (TPSA) is 76.9 Å². The van der Waals surface area contributed by atoms with E-state index in [0.717, 1.165) is 20.6 Å². The minimum Gasteiger partial charge on any atom is -0.356 e. The number of nitrogens with zero attached hydrogens (tertiary/aromatic N) is 3. The van der Waals surface area contributed by atoms with Crippen molar-refractivity contribution in [1.29, 1.82) is 0 Å². The fourth-order valence-electron chi connectivity index (χ4n) is 2.71. The molecule has 0 spiro atoms. The van der Waals surface area contributed by atoms with E-state index in [2.05, 4.69) is 38.1 Å². The second-order valence-corrected chi connectivity index (χ2v) is 8.71. The highest BCUT2D eigenvalue weighted by molar-refractivity contribution is 14.1. The smallest absolute Gasteiger partial charge is 0.216 e. The summed E-state index contributed by atoms with van der Waals surface area (Å²) in [5.41, 5.74) is 2.74. The molecule has 2 aromatic carbocycles. The third kappa shape index (κ3) is 5.89. The van der Waals surface area contributed by atoms with Crippen LogP contribution in [-0.4, -0.2) is 38.8 Å². The van der Waals surface area contributed by atoms with Crippen LogP contribution in [0.5, 0.6) is 0 Å². The fraction of sp³-hybridized carbons (Fsp3) is 0.238. The van der Waals surface area contributed by atoms with Crippen LogP contribution in [0, 0.1) is 10.5 Å². The van der Waals surface area contributed by atoms with Crippen LogP contribution in [0.2, 0.25) is 0 Å². The van der Waals surface area contributed by atoms with Crippen LogP contribution in [0.25, 0.3) is 5.69 Å². The molecule has 150 valence electrons. The van der Waals surface area contributed by atoms with Gasteiger partial charge in [-0.2, -0.15) is 0 Å². The molecule has 0 bridgehead atoms. The van der Waals surface area contributed by atoms with E-state index in [1.807, 2.05) is 60.0 Å². The molecule has 0 fully saturated rings. The number of carbonyl (C=O) groups excluding carboxylic acids is 2. The highest BCUT2D eigenvalue weighted by Crippen LogP contribution is 2.24. The Morgan fingerprint density at radius 3 is 2.41 bits per heavy atom. The summed E-state index contributed by atoms with van der Waals surface area (Å²) < 4.78 is 3.08. The number of aryl methyl sites for hydroxylation is 1. The number of rotatable bonds is 8. The molecule has 29 heavy (non-hydrogen) atoms. The zero-order chi connectivity index (χ0) is 20.8. The number of hydrogen-bond acceptors (Lipinski definition) is 5. The molecule has 0 saturated heterocycles. The second-order valence-electron chi connectivity index (χ2n) is 6.52. The maximum Gasteiger partial charge on any atom is 0.216 e. The van der Waals surface area contributed by atoms with Crippen molar-refractivity contribution < 1.29 is 9.59 Å². The van der Waals surface area contributed by atoms with Gasteiger partial charge in [0.05, 0.1) is 5.75 Å². The van der Waals surface area contributed by atoms with Gasteiger partial charge in [-0.3, -0.25) is 14.2 Å². The van der Waals surface area contributed by atoms with Crippen molar-refractivity contribution in [2.45, 2.75) is 25.4 Å². The predicted octanol–water partition coefficient (Wildman–Crippen LogP) is 3.83. The number of amides is 1. The third-order valence-corrected chi connectivity index (χ3v) is 5.86. The molecule has 3 rings (SSSR count). The molecule has 3 aromatic rings. The highest BCUT2D eigenvalue weighted by atomic mass is 127. The Kier molecular flexibility index (Phi) is 7.43. The van der Waals surface area contributed by atoms with Crippen LogP contribution in [0.3, 0.4) is 0 Å². The number of aromatic nitrogens is 3. The van der Waals surface area contributed by atoms with Gasteiger partial charge in [0, 0.05) is 34.7 Å². The van der Waals surface area contributed by atoms with Gasteiger partial charge in [-0.1, -0.05) is 41.6 Å². The highest BCUT2D eigenvalue weighted by Gasteiger charge is 2.16. The van der Waals surface area contributed by atoms with E-state index in [4.69, 9.17) is 0 Å². The first-order valence-electron chi connectivity index (χ1n) is 9.11. The number of hydrogen-bond donors (Lipinski definition) is 1. The van der Waals surface area contributed by atoms with Crippen molar-refractivity contribution in [3.05, 3.63) is 69.1 Å². The van der Waals surface area contributed by atoms with Crippen molar-refractivity contribution >= 4 is 46.0 Å². The van der Waals surface area contributed by atoms with Gasteiger partial charge in [-0.15, -0.1) is 10.2 Å². The van der Waals surface area contributed by atoms with Crippen LogP contribution in [0.1, 0.15) is 28.7 Å². The molecule has 0 radical (unpaired) electrons. The van der Waals surface area contributed by atoms with Crippen molar-refractivity contribution in [3.8, 4) is 5.69 Å². The molecular weight excluding hydrogens is 499 g/mol. The molecule has 1 heterocycles. The minimum atomic E-state index is -0.0800. The zero-order valence-electron chi connectivity index (χ0n) is 16.2. The number of halogens is 1. The molecule has 0 saturated carbocycles. The van der Waals surface area contributed by atoms with Crippen molar-refractivity contribution in [1.82, 2.24) is 20.1 Å². The Labute approximate surface area is 187 Å². The Balaban J connectivity index is 1.80. The first-order chi connectivity index (χ1) is 13.9. The summed E-state index contributed by atoms with van der Waals surface area (Å²) in [4.78, 5) is 23.7. The number of carbonyl (C=O) groups is 2. The number of ketones is 1. The van der Waals surface area contributed by atoms with Gasteiger partial charge in [0.15, 0.2) is 10.9 Å². The maximum absolute atomic E-state index is 12.5. The van der Waals surface area contributed by atoms with Gasteiger partial charge >= 0.3 is 0 Å². The summed E-state index contributed by atoms with van der Waals surface area (Å²) >= 11 is 3.62. The van der Waals surface area contributed by atoms with E-state index in [1.165, 1.54) is 18.7 Å². The minimum absolute atomic E-state index is 0.0481. The van der Waals surface area contributed by atoms with Crippen LogP contribution >= 0.6 is 34.4 Å². The fourth-order valence-corrected chi connectivity index (χ4v) is 3.93. The van der Waals surface area contributed by atoms with Gasteiger partial charge in [0.1, 0.15) is 5.82 Å². The van der Waals surface area contributed by atoms with E-state index in [0.29, 0.717) is 23.7 Å². The van der Waals surface area contributed by atoms with E-state index >= 15 is 0 Å². The first-order valence-corrected chi connectivity index (χ1v) is 11.2. The van der Waals surface area contributed by atoms with Gasteiger partial charge < -0.3 is 5.32 Å². The summed E-state index contributed by atoms with van der Waals surface area (Å²) in [6, 6.07) is 15.6. The van der Waals surface area contributed by atoms with E-state index in [-0.39, 0.29) is 17.4 Å². The Morgan fingerprint density at radius 1 is 1.07 bits per heavy atom. The van der Waals surface area contributed by atoms with Crippen molar-refractivity contribution in [2.75, 3.05) is 12.3 Å². The third-order valence-electron chi connectivity index (χ3n) is 4.21. The summed E-state index contributed by atoms with van der Waals surface area (Å²) in [6.07, 6.45) is 0.547. The standard InChI is InChI=1S/C21H21IN4O2S/c1-14-3-5-16(6-4-14)19(28)13-29-21-25-24-20(11-12-23-15(2)27)26(21)18-9-7-17(22)8-10-18/h3-10H,11-13H2,1-2H3,(H,23,27). The van der Waals surface area contributed by atoms with E-state index < -0.39 is 0 Å².